The van der Waals surface area contributed by atoms with E-state index in [4.69, 9.17) is 13.9 Å². The lowest BCUT2D eigenvalue weighted by molar-refractivity contribution is -0.265. The molecule has 2 bridgehead atoms. The first kappa shape index (κ1) is 19.6. The first-order chi connectivity index (χ1) is 14.2. The molecule has 3 aliphatic rings. The van der Waals surface area contributed by atoms with E-state index in [-0.39, 0.29) is 23.5 Å². The lowest BCUT2D eigenvalue weighted by atomic mass is 9.71. The van der Waals surface area contributed by atoms with E-state index in [1.807, 2.05) is 39.8 Å². The molecule has 5 nitrogen and oxygen atoms in total. The van der Waals surface area contributed by atoms with E-state index >= 15 is 0 Å². The predicted octanol–water partition coefficient (Wildman–Crippen LogP) is 5.10. The Bertz CT molecular complexity index is 1140. The third-order valence-electron chi connectivity index (χ3n) is 7.07. The van der Waals surface area contributed by atoms with Crippen LogP contribution in [0.2, 0.25) is 0 Å². The molecular formula is C25H28O5. The van der Waals surface area contributed by atoms with Gasteiger partial charge < -0.3 is 13.9 Å². The molecule has 1 saturated heterocycles. The second kappa shape index (κ2) is 6.55. The molecule has 30 heavy (non-hydrogen) atoms. The van der Waals surface area contributed by atoms with Gasteiger partial charge in [0.15, 0.2) is 0 Å². The number of ether oxygens (including phenoxy) is 2. The first-order valence-electron chi connectivity index (χ1n) is 10.9. The maximum atomic E-state index is 13.6. The van der Waals surface area contributed by atoms with E-state index in [1.54, 1.807) is 6.07 Å². The van der Waals surface area contributed by atoms with Gasteiger partial charge >= 0.3 is 5.63 Å². The number of aryl methyl sites for hydroxylation is 1. The van der Waals surface area contributed by atoms with Gasteiger partial charge in [-0.05, 0) is 36.8 Å². The number of benzene rings is 1. The summed E-state index contributed by atoms with van der Waals surface area (Å²) in [4.78, 5) is 26.6. The standard InChI is InChI=1S/C25H28O5/c1-12(2)11-18(26)25-15(5)16-10-9-14(4)19(16)22(29-25)21-23(30-25)20-13(3)7-6-8-17(20)28-24(21)27/h6-8,10,12,14-15,19,22H,9,11H2,1-5H3. The summed E-state index contributed by atoms with van der Waals surface area (Å²) >= 11 is 0. The van der Waals surface area contributed by atoms with E-state index in [2.05, 4.69) is 13.0 Å². The van der Waals surface area contributed by atoms with Crippen LogP contribution in [-0.2, 0) is 9.53 Å². The first-order valence-corrected chi connectivity index (χ1v) is 10.9. The average Bonchev–Trinajstić information content (AvgIpc) is 3.07. The lowest BCUT2D eigenvalue weighted by Crippen LogP contribution is -2.61. The highest BCUT2D eigenvalue weighted by Crippen LogP contribution is 2.59. The van der Waals surface area contributed by atoms with Crippen molar-refractivity contribution in [1.29, 1.82) is 0 Å². The molecule has 2 aliphatic heterocycles. The highest BCUT2D eigenvalue weighted by atomic mass is 16.7. The number of fused-ring (bicyclic) bond motifs is 8. The number of carbonyl (C=O) groups excluding carboxylic acids is 1. The Morgan fingerprint density at radius 2 is 2.03 bits per heavy atom. The summed E-state index contributed by atoms with van der Waals surface area (Å²) in [7, 11) is 0. The van der Waals surface area contributed by atoms with Crippen molar-refractivity contribution in [3.63, 3.8) is 0 Å². The van der Waals surface area contributed by atoms with Gasteiger partial charge in [-0.25, -0.2) is 4.79 Å². The minimum atomic E-state index is -1.41. The van der Waals surface area contributed by atoms with Crippen molar-refractivity contribution < 1.29 is 18.7 Å². The summed E-state index contributed by atoms with van der Waals surface area (Å²) in [6.45, 7) is 10.2. The summed E-state index contributed by atoms with van der Waals surface area (Å²) in [5.74, 6) is -0.658. The van der Waals surface area contributed by atoms with Gasteiger partial charge in [-0.3, -0.25) is 4.79 Å². The van der Waals surface area contributed by atoms with E-state index < -0.39 is 17.5 Å². The Labute approximate surface area is 176 Å². The number of rotatable bonds is 3. The van der Waals surface area contributed by atoms with Crippen molar-refractivity contribution in [2.75, 3.05) is 0 Å². The van der Waals surface area contributed by atoms with Crippen molar-refractivity contribution in [3.8, 4) is 5.75 Å². The molecule has 5 rings (SSSR count). The normalized spacial score (nSPS) is 31.9. The van der Waals surface area contributed by atoms with Crippen LogP contribution in [0.4, 0.5) is 0 Å². The molecule has 1 fully saturated rings. The summed E-state index contributed by atoms with van der Waals surface area (Å²) < 4.78 is 18.7. The maximum Gasteiger partial charge on any atom is 0.345 e. The minimum absolute atomic E-state index is 0.0481. The van der Waals surface area contributed by atoms with Crippen LogP contribution in [-0.4, -0.2) is 11.6 Å². The molecule has 2 aromatic rings. The summed E-state index contributed by atoms with van der Waals surface area (Å²) in [6, 6.07) is 5.59. The second-order valence-corrected chi connectivity index (χ2v) is 9.57. The van der Waals surface area contributed by atoms with Crippen LogP contribution in [0, 0.1) is 30.6 Å². The highest BCUT2D eigenvalue weighted by molar-refractivity contribution is 5.92. The molecule has 1 aromatic heterocycles. The SMILES string of the molecule is Cc1cccc2oc(=O)c3c(c12)OC1(C(=O)CC(C)C)OC3C2C(=CCC2C)C1C. The third-order valence-corrected chi connectivity index (χ3v) is 7.07. The summed E-state index contributed by atoms with van der Waals surface area (Å²) in [6.07, 6.45) is 2.95. The van der Waals surface area contributed by atoms with Crippen molar-refractivity contribution in [1.82, 2.24) is 0 Å². The molecule has 0 radical (unpaired) electrons. The highest BCUT2D eigenvalue weighted by Gasteiger charge is 2.62. The van der Waals surface area contributed by atoms with Gasteiger partial charge in [0.2, 0.25) is 5.78 Å². The minimum Gasteiger partial charge on any atom is -0.453 e. The monoisotopic (exact) mass is 408 g/mol. The Balaban J connectivity index is 1.81. The Morgan fingerprint density at radius 1 is 1.27 bits per heavy atom. The predicted molar refractivity (Wildman–Crippen MR) is 113 cm³/mol. The van der Waals surface area contributed by atoms with Crippen LogP contribution in [0.1, 0.15) is 57.8 Å². The Hall–Kier alpha value is -2.40. The van der Waals surface area contributed by atoms with Gasteiger partial charge in [-0.15, -0.1) is 0 Å². The van der Waals surface area contributed by atoms with Gasteiger partial charge in [0.05, 0.1) is 11.3 Å². The third kappa shape index (κ3) is 2.51. The number of hydrogen-bond acceptors (Lipinski definition) is 5. The van der Waals surface area contributed by atoms with E-state index in [1.165, 1.54) is 5.57 Å². The molecule has 3 heterocycles. The van der Waals surface area contributed by atoms with Crippen molar-refractivity contribution in [2.45, 2.75) is 59.4 Å². The number of carbonyl (C=O) groups is 1. The van der Waals surface area contributed by atoms with E-state index in [0.29, 0.717) is 29.2 Å². The van der Waals surface area contributed by atoms with Gasteiger partial charge in [0, 0.05) is 12.3 Å². The molecule has 0 N–H and O–H groups in total. The zero-order chi connectivity index (χ0) is 21.4. The van der Waals surface area contributed by atoms with Gasteiger partial charge in [-0.2, -0.15) is 0 Å². The quantitative estimate of drug-likeness (QED) is 0.522. The van der Waals surface area contributed by atoms with E-state index in [0.717, 1.165) is 17.4 Å². The molecule has 1 aromatic carbocycles. The molecule has 0 saturated carbocycles. The average molecular weight is 408 g/mol. The second-order valence-electron chi connectivity index (χ2n) is 9.57. The smallest absolute Gasteiger partial charge is 0.345 e. The fourth-order valence-corrected chi connectivity index (χ4v) is 5.59. The lowest BCUT2D eigenvalue weighted by Gasteiger charge is -2.52. The van der Waals surface area contributed by atoms with Crippen LogP contribution in [0.25, 0.3) is 11.0 Å². The van der Waals surface area contributed by atoms with Crippen LogP contribution in [0.15, 0.2) is 39.1 Å². The zero-order valence-corrected chi connectivity index (χ0v) is 18.2. The topological polar surface area (TPSA) is 65.7 Å². The molecule has 5 heteroatoms. The zero-order valence-electron chi connectivity index (χ0n) is 18.2. The number of ketones is 1. The molecule has 5 atom stereocenters. The van der Waals surface area contributed by atoms with Crippen molar-refractivity contribution in [2.24, 2.45) is 23.7 Å². The van der Waals surface area contributed by atoms with Crippen LogP contribution in [0.5, 0.6) is 5.75 Å². The fourth-order valence-electron chi connectivity index (χ4n) is 5.59. The molecule has 0 spiro atoms. The molecule has 158 valence electrons. The van der Waals surface area contributed by atoms with Crippen LogP contribution in [0.3, 0.4) is 0 Å². The number of hydrogen-bond donors (Lipinski definition) is 0. The summed E-state index contributed by atoms with van der Waals surface area (Å²) in [5, 5.41) is 0.757. The molecular weight excluding hydrogens is 380 g/mol. The van der Waals surface area contributed by atoms with Crippen LogP contribution < -0.4 is 10.4 Å². The number of allylic oxidation sites excluding steroid dienone is 1. The van der Waals surface area contributed by atoms with Gasteiger partial charge in [0.1, 0.15) is 23.0 Å². The van der Waals surface area contributed by atoms with Crippen LogP contribution >= 0.6 is 0 Å². The Morgan fingerprint density at radius 3 is 2.77 bits per heavy atom. The molecule has 0 amide bonds. The largest absolute Gasteiger partial charge is 0.453 e. The van der Waals surface area contributed by atoms with Gasteiger partial charge in [0.25, 0.3) is 5.79 Å². The molecule has 1 aliphatic carbocycles. The van der Waals surface area contributed by atoms with Gasteiger partial charge in [-0.1, -0.05) is 51.5 Å². The maximum absolute atomic E-state index is 13.6. The summed E-state index contributed by atoms with van der Waals surface area (Å²) in [5.41, 5.74) is 2.58. The van der Waals surface area contributed by atoms with Crippen molar-refractivity contribution in [3.05, 3.63) is 51.4 Å². The number of Topliss-reactive ketones (excluding diaryl/α,β-unsaturated/α-hetero) is 1. The van der Waals surface area contributed by atoms with Crippen molar-refractivity contribution >= 4 is 16.8 Å². The molecule has 5 unspecified atom stereocenters. The Kier molecular flexibility index (Phi) is 4.27. The van der Waals surface area contributed by atoms with E-state index in [9.17, 15) is 9.59 Å². The fraction of sp³-hybridized carbons (Fsp3) is 0.520.